The Kier molecular flexibility index (Phi) is 4.08. The highest BCUT2D eigenvalue weighted by atomic mass is 16.5. The molecule has 0 aromatic rings. The zero-order valence-electron chi connectivity index (χ0n) is 11.7. The Bertz CT molecular complexity index is 249. The number of hydrogen-bond acceptors (Lipinski definition) is 4. The first-order valence-corrected chi connectivity index (χ1v) is 6.85. The molecule has 17 heavy (non-hydrogen) atoms. The summed E-state index contributed by atoms with van der Waals surface area (Å²) in [6.07, 6.45) is 1.57. The second-order valence-corrected chi connectivity index (χ2v) is 5.97. The molecule has 2 rings (SSSR count). The second-order valence-electron chi connectivity index (χ2n) is 5.97. The molecule has 100 valence electrons. The normalized spacial score (nSPS) is 34.6. The molecule has 0 bridgehead atoms. The molecule has 2 unspecified atom stereocenters. The van der Waals surface area contributed by atoms with E-state index < -0.39 is 0 Å². The summed E-state index contributed by atoms with van der Waals surface area (Å²) in [6, 6.07) is 0.572. The van der Waals surface area contributed by atoms with Crippen LogP contribution in [0.5, 0.6) is 0 Å². The molecule has 1 aliphatic heterocycles. The van der Waals surface area contributed by atoms with Gasteiger partial charge in [0, 0.05) is 44.2 Å². The van der Waals surface area contributed by atoms with E-state index in [-0.39, 0.29) is 5.41 Å². The molecule has 1 aliphatic carbocycles. The molecule has 2 aliphatic rings. The third kappa shape index (κ3) is 2.81. The zero-order chi connectivity index (χ0) is 12.5. The van der Waals surface area contributed by atoms with Gasteiger partial charge in [0.2, 0.25) is 0 Å². The van der Waals surface area contributed by atoms with Gasteiger partial charge in [0.15, 0.2) is 0 Å². The molecule has 1 saturated heterocycles. The monoisotopic (exact) mass is 241 g/mol. The van der Waals surface area contributed by atoms with Crippen molar-refractivity contribution in [2.45, 2.75) is 39.3 Å². The Balaban J connectivity index is 1.77. The zero-order valence-corrected chi connectivity index (χ0v) is 11.7. The Morgan fingerprint density at radius 3 is 2.41 bits per heavy atom. The quantitative estimate of drug-likeness (QED) is 0.793. The highest BCUT2D eigenvalue weighted by molar-refractivity contribution is 5.02. The van der Waals surface area contributed by atoms with E-state index in [4.69, 9.17) is 4.74 Å². The van der Waals surface area contributed by atoms with E-state index in [0.717, 1.165) is 39.2 Å². The van der Waals surface area contributed by atoms with Crippen LogP contribution in [-0.4, -0.2) is 61.9 Å². The molecule has 1 heterocycles. The number of rotatable bonds is 4. The van der Waals surface area contributed by atoms with Crippen molar-refractivity contribution in [1.29, 1.82) is 0 Å². The van der Waals surface area contributed by atoms with E-state index in [1.165, 1.54) is 0 Å². The van der Waals surface area contributed by atoms with E-state index in [1.807, 2.05) is 0 Å². The van der Waals surface area contributed by atoms with Gasteiger partial charge >= 0.3 is 0 Å². The number of nitrogens with one attached hydrogen (secondary N) is 1. The van der Waals surface area contributed by atoms with Gasteiger partial charge in [-0.3, -0.25) is 5.43 Å². The van der Waals surface area contributed by atoms with Gasteiger partial charge in [0.25, 0.3) is 0 Å². The Morgan fingerprint density at radius 2 is 1.88 bits per heavy atom. The number of hydrogen-bond donors (Lipinski definition) is 1. The summed E-state index contributed by atoms with van der Waals surface area (Å²) in [5.74, 6) is 0. The number of ether oxygens (including phenoxy) is 1. The minimum absolute atomic E-state index is 0.263. The summed E-state index contributed by atoms with van der Waals surface area (Å²) in [6.45, 7) is 12.1. The average Bonchev–Trinajstić information content (AvgIpc) is 2.30. The van der Waals surface area contributed by atoms with Gasteiger partial charge in [-0.2, -0.15) is 0 Å². The van der Waals surface area contributed by atoms with Crippen LogP contribution in [0.1, 0.15) is 27.2 Å². The summed E-state index contributed by atoms with van der Waals surface area (Å²) in [5.41, 5.74) is 3.94. The van der Waals surface area contributed by atoms with Crippen LogP contribution in [-0.2, 0) is 4.74 Å². The Labute approximate surface area is 105 Å². The van der Waals surface area contributed by atoms with Crippen LogP contribution in [0.25, 0.3) is 0 Å². The van der Waals surface area contributed by atoms with Gasteiger partial charge in [-0.05, 0) is 20.4 Å². The third-order valence-corrected chi connectivity index (χ3v) is 4.39. The lowest BCUT2D eigenvalue weighted by Crippen LogP contribution is -2.66. The molecule has 0 aromatic heterocycles. The predicted molar refractivity (Wildman–Crippen MR) is 69.8 cm³/mol. The molecule has 2 fully saturated rings. The van der Waals surface area contributed by atoms with Crippen molar-refractivity contribution in [3.63, 3.8) is 0 Å². The molecule has 4 nitrogen and oxygen atoms in total. The van der Waals surface area contributed by atoms with E-state index in [2.05, 4.69) is 43.2 Å². The van der Waals surface area contributed by atoms with Crippen LogP contribution in [0.15, 0.2) is 0 Å². The first kappa shape index (κ1) is 13.3. The van der Waals surface area contributed by atoms with Crippen molar-refractivity contribution >= 4 is 0 Å². The molecule has 1 saturated carbocycles. The standard InChI is InChI=1S/C13H27N3O/c1-5-17-12-10-11(13(12,2)3)14-16-8-6-15(4)7-9-16/h11-12,14H,5-10H2,1-4H3. The van der Waals surface area contributed by atoms with Gasteiger partial charge < -0.3 is 9.64 Å². The first-order valence-electron chi connectivity index (χ1n) is 6.85. The summed E-state index contributed by atoms with van der Waals surface area (Å²) >= 11 is 0. The lowest BCUT2D eigenvalue weighted by atomic mass is 9.64. The van der Waals surface area contributed by atoms with E-state index >= 15 is 0 Å². The predicted octanol–water partition coefficient (Wildman–Crippen LogP) is 0.942. The molecular weight excluding hydrogens is 214 g/mol. The van der Waals surface area contributed by atoms with Crippen LogP contribution < -0.4 is 5.43 Å². The van der Waals surface area contributed by atoms with Crippen molar-refractivity contribution in [3.8, 4) is 0 Å². The lowest BCUT2D eigenvalue weighted by molar-refractivity contribution is -0.133. The fraction of sp³-hybridized carbons (Fsp3) is 1.00. The largest absolute Gasteiger partial charge is 0.378 e. The highest BCUT2D eigenvalue weighted by Gasteiger charge is 2.49. The SMILES string of the molecule is CCOC1CC(NN2CCN(C)CC2)C1(C)C. The summed E-state index contributed by atoms with van der Waals surface area (Å²) in [5, 5.41) is 2.38. The summed E-state index contributed by atoms with van der Waals surface area (Å²) < 4.78 is 5.76. The van der Waals surface area contributed by atoms with Crippen LogP contribution >= 0.6 is 0 Å². The molecule has 0 amide bonds. The molecule has 0 radical (unpaired) electrons. The second kappa shape index (κ2) is 5.22. The van der Waals surface area contributed by atoms with Crippen LogP contribution in [0.3, 0.4) is 0 Å². The number of hydrazine groups is 1. The number of piperazine rings is 1. The van der Waals surface area contributed by atoms with Crippen molar-refractivity contribution in [2.75, 3.05) is 39.8 Å². The molecule has 1 N–H and O–H groups in total. The van der Waals surface area contributed by atoms with Gasteiger partial charge in [0.1, 0.15) is 0 Å². The van der Waals surface area contributed by atoms with Gasteiger partial charge in [0.05, 0.1) is 6.10 Å². The van der Waals surface area contributed by atoms with Crippen LogP contribution in [0, 0.1) is 5.41 Å². The maximum Gasteiger partial charge on any atom is 0.0656 e. The minimum atomic E-state index is 0.263. The molecule has 0 spiro atoms. The number of nitrogens with zero attached hydrogens (tertiary/aromatic N) is 2. The van der Waals surface area contributed by atoms with E-state index in [0.29, 0.717) is 12.1 Å². The van der Waals surface area contributed by atoms with Crippen molar-refractivity contribution < 1.29 is 4.74 Å². The van der Waals surface area contributed by atoms with Gasteiger partial charge in [-0.25, -0.2) is 5.01 Å². The highest BCUT2D eigenvalue weighted by Crippen LogP contribution is 2.42. The minimum Gasteiger partial charge on any atom is -0.378 e. The van der Waals surface area contributed by atoms with Crippen molar-refractivity contribution in [1.82, 2.24) is 15.3 Å². The maximum atomic E-state index is 5.76. The lowest BCUT2D eigenvalue weighted by Gasteiger charge is -2.53. The Hall–Kier alpha value is -0.160. The Morgan fingerprint density at radius 1 is 1.24 bits per heavy atom. The van der Waals surface area contributed by atoms with Gasteiger partial charge in [-0.1, -0.05) is 13.8 Å². The first-order chi connectivity index (χ1) is 8.04. The fourth-order valence-electron chi connectivity index (χ4n) is 2.74. The van der Waals surface area contributed by atoms with E-state index in [1.54, 1.807) is 0 Å². The molecule has 4 heteroatoms. The van der Waals surface area contributed by atoms with Crippen molar-refractivity contribution in [2.24, 2.45) is 5.41 Å². The number of likely N-dealkylation sites (N-methyl/N-ethyl adjacent to an activating group) is 1. The molecule has 0 aromatic carbocycles. The van der Waals surface area contributed by atoms with Gasteiger partial charge in [-0.15, -0.1) is 0 Å². The van der Waals surface area contributed by atoms with E-state index in [9.17, 15) is 0 Å². The average molecular weight is 241 g/mol. The maximum absolute atomic E-state index is 5.76. The summed E-state index contributed by atoms with van der Waals surface area (Å²) in [4.78, 5) is 2.38. The molecular formula is C13H27N3O. The third-order valence-electron chi connectivity index (χ3n) is 4.39. The van der Waals surface area contributed by atoms with Crippen molar-refractivity contribution in [3.05, 3.63) is 0 Å². The smallest absolute Gasteiger partial charge is 0.0656 e. The van der Waals surface area contributed by atoms with Crippen LogP contribution in [0.2, 0.25) is 0 Å². The topological polar surface area (TPSA) is 27.7 Å². The summed E-state index contributed by atoms with van der Waals surface area (Å²) in [7, 11) is 2.19. The molecule has 2 atom stereocenters. The van der Waals surface area contributed by atoms with Crippen LogP contribution in [0.4, 0.5) is 0 Å². The fourth-order valence-corrected chi connectivity index (χ4v) is 2.74.